The van der Waals surface area contributed by atoms with Crippen molar-refractivity contribution in [2.75, 3.05) is 18.4 Å². The van der Waals surface area contributed by atoms with Crippen LogP contribution < -0.4 is 10.6 Å². The Morgan fingerprint density at radius 3 is 2.55 bits per heavy atom. The summed E-state index contributed by atoms with van der Waals surface area (Å²) in [6.07, 6.45) is 3.73. The van der Waals surface area contributed by atoms with E-state index in [0.717, 1.165) is 42.9 Å². The number of carbonyl (C=O) groups excluding carboxylic acids is 1. The Balaban J connectivity index is 0.00000240. The van der Waals surface area contributed by atoms with Crippen molar-refractivity contribution in [3.8, 4) is 11.4 Å². The second kappa shape index (κ2) is 9.11. The second-order valence-electron chi connectivity index (χ2n) is 7.00. The van der Waals surface area contributed by atoms with Gasteiger partial charge in [0.2, 0.25) is 0 Å². The molecule has 0 spiro atoms. The van der Waals surface area contributed by atoms with Crippen LogP contribution in [0.15, 0.2) is 36.5 Å². The van der Waals surface area contributed by atoms with E-state index in [2.05, 4.69) is 30.9 Å². The van der Waals surface area contributed by atoms with Gasteiger partial charge >= 0.3 is 0 Å². The molecule has 3 aromatic rings. The van der Waals surface area contributed by atoms with Gasteiger partial charge in [-0.3, -0.25) is 4.79 Å². The lowest BCUT2D eigenvalue weighted by Crippen LogP contribution is -2.30. The molecule has 0 atom stereocenters. The van der Waals surface area contributed by atoms with E-state index in [0.29, 0.717) is 23.2 Å². The average Bonchev–Trinajstić information content (AvgIpc) is 3.11. The van der Waals surface area contributed by atoms with Crippen LogP contribution in [0.4, 0.5) is 5.69 Å². The number of benzene rings is 1. The van der Waals surface area contributed by atoms with Crippen molar-refractivity contribution in [1.29, 1.82) is 0 Å². The monoisotopic (exact) mass is 413 g/mol. The Hall–Kier alpha value is -2.84. The largest absolute Gasteiger partial charge is 0.321 e. The van der Waals surface area contributed by atoms with Crippen molar-refractivity contribution in [1.82, 2.24) is 30.3 Å². The highest BCUT2D eigenvalue weighted by atomic mass is 35.5. The van der Waals surface area contributed by atoms with Gasteiger partial charge in [0.25, 0.3) is 5.91 Å². The molecule has 3 heterocycles. The molecule has 1 fully saturated rings. The molecule has 4 rings (SSSR count). The van der Waals surface area contributed by atoms with Gasteiger partial charge in [-0.1, -0.05) is 5.21 Å². The van der Waals surface area contributed by atoms with Crippen LogP contribution in [0.2, 0.25) is 0 Å². The summed E-state index contributed by atoms with van der Waals surface area (Å²) in [5.41, 5.74) is 3.67. The maximum absolute atomic E-state index is 12.7. The normalized spacial score (nSPS) is 14.3. The molecule has 0 bridgehead atoms. The Morgan fingerprint density at radius 1 is 1.14 bits per heavy atom. The van der Waals surface area contributed by atoms with Gasteiger partial charge in [0.15, 0.2) is 11.5 Å². The van der Waals surface area contributed by atoms with E-state index in [1.54, 1.807) is 6.20 Å². The molecule has 152 valence electrons. The van der Waals surface area contributed by atoms with E-state index in [-0.39, 0.29) is 18.3 Å². The molecule has 1 aliphatic heterocycles. The molecule has 0 radical (unpaired) electrons. The molecular formula is C20H24ClN7O. The smallest absolute Gasteiger partial charge is 0.278 e. The van der Waals surface area contributed by atoms with Crippen LogP contribution in [0.3, 0.4) is 0 Å². The summed E-state index contributed by atoms with van der Waals surface area (Å²) in [7, 11) is 0. The molecule has 0 aliphatic carbocycles. The number of piperidine rings is 1. The third-order valence-electron chi connectivity index (χ3n) is 4.99. The average molecular weight is 414 g/mol. The number of anilines is 1. The van der Waals surface area contributed by atoms with Crippen molar-refractivity contribution in [2.45, 2.75) is 32.7 Å². The summed E-state index contributed by atoms with van der Waals surface area (Å²) < 4.78 is 1.88. The molecule has 9 heteroatoms. The fraction of sp³-hybridized carbons (Fsp3) is 0.350. The predicted octanol–water partition coefficient (Wildman–Crippen LogP) is 2.95. The summed E-state index contributed by atoms with van der Waals surface area (Å²) in [6.45, 7) is 5.75. The van der Waals surface area contributed by atoms with E-state index in [4.69, 9.17) is 0 Å². The molecule has 1 aromatic carbocycles. The Morgan fingerprint density at radius 2 is 1.86 bits per heavy atom. The van der Waals surface area contributed by atoms with Crippen molar-refractivity contribution in [3.05, 3.63) is 53.6 Å². The molecule has 1 saturated heterocycles. The first-order chi connectivity index (χ1) is 13.6. The molecule has 29 heavy (non-hydrogen) atoms. The lowest BCUT2D eigenvalue weighted by Gasteiger charge is -2.23. The number of nitrogens with one attached hydrogen (secondary N) is 2. The number of rotatable bonds is 4. The van der Waals surface area contributed by atoms with Crippen LogP contribution in [0.1, 0.15) is 40.8 Å². The number of aryl methyl sites for hydroxylation is 1. The van der Waals surface area contributed by atoms with Crippen LogP contribution in [0.5, 0.6) is 0 Å². The van der Waals surface area contributed by atoms with Gasteiger partial charge in [-0.05, 0) is 70.1 Å². The third kappa shape index (κ3) is 4.60. The number of amides is 1. The number of carbonyl (C=O) groups is 1. The number of nitrogens with zero attached hydrogens (tertiary/aromatic N) is 5. The Kier molecular flexibility index (Phi) is 6.56. The maximum Gasteiger partial charge on any atom is 0.278 e. The quantitative estimate of drug-likeness (QED) is 0.682. The van der Waals surface area contributed by atoms with Gasteiger partial charge in [0, 0.05) is 23.1 Å². The van der Waals surface area contributed by atoms with Gasteiger partial charge < -0.3 is 10.6 Å². The molecule has 2 N–H and O–H groups in total. The van der Waals surface area contributed by atoms with Crippen molar-refractivity contribution >= 4 is 24.0 Å². The molecular weight excluding hydrogens is 390 g/mol. The first-order valence-electron chi connectivity index (χ1n) is 9.46. The molecule has 0 unspecified atom stereocenters. The van der Waals surface area contributed by atoms with Gasteiger partial charge in [0.05, 0.1) is 11.7 Å². The molecule has 1 aliphatic rings. The highest BCUT2D eigenvalue weighted by Gasteiger charge is 2.23. The van der Waals surface area contributed by atoms with Gasteiger partial charge in [-0.2, -0.15) is 0 Å². The first-order valence-corrected chi connectivity index (χ1v) is 9.46. The summed E-state index contributed by atoms with van der Waals surface area (Å²) in [5, 5.41) is 14.6. The topological polar surface area (TPSA) is 97.6 Å². The lowest BCUT2D eigenvalue weighted by molar-refractivity contribution is 0.102. The van der Waals surface area contributed by atoms with Crippen LogP contribution >= 0.6 is 12.4 Å². The number of aromatic nitrogens is 5. The van der Waals surface area contributed by atoms with Crippen LogP contribution in [-0.4, -0.2) is 44.0 Å². The van der Waals surface area contributed by atoms with E-state index in [1.165, 1.54) is 0 Å². The number of halogens is 1. The van der Waals surface area contributed by atoms with E-state index < -0.39 is 0 Å². The minimum absolute atomic E-state index is 0. The van der Waals surface area contributed by atoms with Gasteiger partial charge in [0.1, 0.15) is 0 Å². The standard InChI is InChI=1S/C20H23N7O.ClH/c1-13-7-12-22-19(23-13)15-3-5-16(6-4-15)24-20(28)18-14(2)27(26-25-18)17-8-10-21-11-9-17;/h3-7,12,17,21H,8-11H2,1-2H3,(H,24,28);1H. The van der Waals surface area contributed by atoms with Crippen LogP contribution in [0.25, 0.3) is 11.4 Å². The zero-order valence-electron chi connectivity index (χ0n) is 16.4. The molecule has 0 saturated carbocycles. The summed E-state index contributed by atoms with van der Waals surface area (Å²) >= 11 is 0. The van der Waals surface area contributed by atoms with Crippen molar-refractivity contribution in [3.63, 3.8) is 0 Å². The number of hydrogen-bond donors (Lipinski definition) is 2. The fourth-order valence-corrected chi connectivity index (χ4v) is 3.43. The predicted molar refractivity (Wildman–Crippen MR) is 113 cm³/mol. The number of hydrogen-bond acceptors (Lipinski definition) is 6. The summed E-state index contributed by atoms with van der Waals surface area (Å²) in [5.74, 6) is 0.413. The second-order valence-corrected chi connectivity index (χ2v) is 7.00. The highest BCUT2D eigenvalue weighted by molar-refractivity contribution is 6.03. The van der Waals surface area contributed by atoms with E-state index in [9.17, 15) is 4.79 Å². The highest BCUT2D eigenvalue weighted by Crippen LogP contribution is 2.22. The minimum atomic E-state index is -0.253. The van der Waals surface area contributed by atoms with Crippen LogP contribution in [0, 0.1) is 13.8 Å². The first kappa shape index (κ1) is 20.9. The Bertz CT molecular complexity index is 981. The third-order valence-corrected chi connectivity index (χ3v) is 4.99. The van der Waals surface area contributed by atoms with Crippen molar-refractivity contribution < 1.29 is 4.79 Å². The SMILES string of the molecule is Cc1ccnc(-c2ccc(NC(=O)c3nnn(C4CCNCC4)c3C)cc2)n1.Cl. The Labute approximate surface area is 175 Å². The lowest BCUT2D eigenvalue weighted by atomic mass is 10.1. The molecule has 2 aromatic heterocycles. The zero-order valence-corrected chi connectivity index (χ0v) is 17.2. The summed E-state index contributed by atoms with van der Waals surface area (Å²) in [6, 6.07) is 9.62. The zero-order chi connectivity index (χ0) is 19.5. The summed E-state index contributed by atoms with van der Waals surface area (Å²) in [4.78, 5) is 21.4. The minimum Gasteiger partial charge on any atom is -0.321 e. The van der Waals surface area contributed by atoms with Crippen molar-refractivity contribution in [2.24, 2.45) is 0 Å². The maximum atomic E-state index is 12.7. The van der Waals surface area contributed by atoms with Crippen LogP contribution in [-0.2, 0) is 0 Å². The molecule has 8 nitrogen and oxygen atoms in total. The molecule has 1 amide bonds. The fourth-order valence-electron chi connectivity index (χ4n) is 3.43. The van der Waals surface area contributed by atoms with E-state index >= 15 is 0 Å². The van der Waals surface area contributed by atoms with Gasteiger partial charge in [-0.15, -0.1) is 17.5 Å². The van der Waals surface area contributed by atoms with Gasteiger partial charge in [-0.25, -0.2) is 14.6 Å². The van der Waals surface area contributed by atoms with E-state index in [1.807, 2.05) is 48.9 Å².